The van der Waals surface area contributed by atoms with Gasteiger partial charge in [0.25, 0.3) is 0 Å². The fourth-order valence-corrected chi connectivity index (χ4v) is 0. The van der Waals surface area contributed by atoms with Gasteiger partial charge in [-0.05, 0) is 0 Å². The zero-order chi connectivity index (χ0) is 8.08. The van der Waals surface area contributed by atoms with Crippen molar-refractivity contribution in [1.82, 2.24) is 0 Å². The van der Waals surface area contributed by atoms with E-state index in [1.54, 1.807) is 0 Å². The molecule has 0 bridgehead atoms. The van der Waals surface area contributed by atoms with Crippen LogP contribution in [0.5, 0.6) is 0 Å². The fourth-order valence-electron chi connectivity index (χ4n) is 0. The molecular formula is CH4CuO8S. The van der Waals surface area contributed by atoms with E-state index in [9.17, 15) is 0 Å². The monoisotopic (exact) mass is 239 g/mol. The molecule has 0 aliphatic rings. The molecule has 0 fully saturated rings. The molecule has 0 aromatic carbocycles. The molecule has 0 aliphatic carbocycles. The zero-order valence-electron chi connectivity index (χ0n) is 4.63. The van der Waals surface area contributed by atoms with Crippen molar-refractivity contribution in [2.75, 3.05) is 0 Å². The van der Waals surface area contributed by atoms with Crippen LogP contribution in [0.1, 0.15) is 0 Å². The van der Waals surface area contributed by atoms with Crippen molar-refractivity contribution in [2.24, 2.45) is 0 Å². The average Bonchev–Trinajstić information content (AvgIpc) is 1.19. The molecule has 0 spiro atoms. The predicted octanol–water partition coefficient (Wildman–Crippen LogP) is -0.952. The molecule has 0 heterocycles. The van der Waals surface area contributed by atoms with Gasteiger partial charge >= 0.3 is 23.2 Å². The van der Waals surface area contributed by atoms with E-state index in [0.29, 0.717) is 0 Å². The van der Waals surface area contributed by atoms with Gasteiger partial charge in [0.1, 0.15) is 0 Å². The van der Waals surface area contributed by atoms with Crippen LogP contribution in [0.2, 0.25) is 0 Å². The summed E-state index contributed by atoms with van der Waals surface area (Å²) < 4.78 is 32.8. The van der Waals surface area contributed by atoms with E-state index in [4.69, 9.17) is 32.5 Å². The van der Waals surface area contributed by atoms with Crippen LogP contribution in [0, 0.1) is 0 Å². The average molecular weight is 240 g/mol. The first-order chi connectivity index (χ1) is 3.73. The van der Waals surface area contributed by atoms with Crippen LogP contribution >= 0.6 is 0 Å². The van der Waals surface area contributed by atoms with Gasteiger partial charge in [-0.1, -0.05) is 0 Å². The van der Waals surface area contributed by atoms with Crippen molar-refractivity contribution in [3.63, 3.8) is 0 Å². The molecule has 1 radical (unpaired) electrons. The molecule has 0 saturated heterocycles. The molecule has 0 aromatic rings. The van der Waals surface area contributed by atoms with Gasteiger partial charge in [-0.25, -0.2) is 13.2 Å². The van der Waals surface area contributed by atoms with Gasteiger partial charge in [0.05, 0.1) is 0 Å². The molecule has 11 heavy (non-hydrogen) atoms. The Morgan fingerprint density at radius 2 is 1.27 bits per heavy atom. The van der Waals surface area contributed by atoms with Crippen molar-refractivity contribution in [3.05, 3.63) is 0 Å². The van der Waals surface area contributed by atoms with Crippen LogP contribution in [0.15, 0.2) is 0 Å². The predicted molar refractivity (Wildman–Crippen MR) is 24.9 cm³/mol. The quantitative estimate of drug-likeness (QED) is 0.276. The number of carboxylic acid groups (broad SMARTS) is 2. The minimum atomic E-state index is -4.92. The van der Waals surface area contributed by atoms with Crippen LogP contribution in [0.4, 0.5) is 4.79 Å². The van der Waals surface area contributed by atoms with E-state index in [1.807, 2.05) is 0 Å². The van der Waals surface area contributed by atoms with Gasteiger partial charge in [0.2, 0.25) is 10.4 Å². The van der Waals surface area contributed by atoms with E-state index in [2.05, 4.69) is 0 Å². The number of hydrogen-bond donors (Lipinski definition) is 3. The van der Waals surface area contributed by atoms with E-state index >= 15 is 0 Å². The van der Waals surface area contributed by atoms with Crippen molar-refractivity contribution in [2.45, 2.75) is 0 Å². The van der Waals surface area contributed by atoms with Gasteiger partial charge < -0.3 is 20.2 Å². The van der Waals surface area contributed by atoms with Crippen LogP contribution < -0.4 is 0 Å². The minimum Gasteiger partial charge on any atom is -0.870 e. The van der Waals surface area contributed by atoms with Gasteiger partial charge in [-0.15, -0.1) is 0 Å². The topological polar surface area (TPSA) is 165 Å². The molecule has 0 unspecified atom stereocenters. The second kappa shape index (κ2) is 9.62. The molecule has 0 rings (SSSR count). The third-order valence-corrected chi connectivity index (χ3v) is 0. The SMILES string of the molecule is O=C(O)O.O=S(=O)([O-])O.[Cu+2].[OH-]. The van der Waals surface area contributed by atoms with E-state index < -0.39 is 16.6 Å². The van der Waals surface area contributed by atoms with E-state index in [-0.39, 0.29) is 22.5 Å². The van der Waals surface area contributed by atoms with Crippen molar-refractivity contribution in [1.29, 1.82) is 0 Å². The molecule has 0 aliphatic heterocycles. The third kappa shape index (κ3) is 3860. The molecule has 0 saturated carbocycles. The first-order valence-electron chi connectivity index (χ1n) is 1.33. The van der Waals surface area contributed by atoms with Crippen LogP contribution in [0.25, 0.3) is 0 Å². The van der Waals surface area contributed by atoms with Gasteiger partial charge in [-0.3, -0.25) is 4.55 Å². The van der Waals surface area contributed by atoms with Crippen molar-refractivity contribution >= 4 is 16.6 Å². The van der Waals surface area contributed by atoms with E-state index in [0.717, 1.165) is 0 Å². The summed E-state index contributed by atoms with van der Waals surface area (Å²) in [6.45, 7) is 0. The van der Waals surface area contributed by atoms with E-state index in [1.165, 1.54) is 0 Å². The van der Waals surface area contributed by atoms with Gasteiger partial charge in [-0.2, -0.15) is 0 Å². The summed E-state index contributed by atoms with van der Waals surface area (Å²) in [4.78, 5) is 8.56. The Hall–Kier alpha value is -0.381. The summed E-state index contributed by atoms with van der Waals surface area (Å²) in [5, 5.41) is 13.9. The molecule has 10 heteroatoms. The summed E-state index contributed by atoms with van der Waals surface area (Å²) in [7, 11) is -4.92. The minimum absolute atomic E-state index is 0. The Morgan fingerprint density at radius 1 is 1.27 bits per heavy atom. The normalized spacial score (nSPS) is 7.45. The third-order valence-electron chi connectivity index (χ3n) is 0. The van der Waals surface area contributed by atoms with Crippen LogP contribution in [-0.2, 0) is 27.5 Å². The van der Waals surface area contributed by atoms with Crippen molar-refractivity contribution < 1.29 is 55.1 Å². The summed E-state index contributed by atoms with van der Waals surface area (Å²) in [6.07, 6.45) is -1.83. The van der Waals surface area contributed by atoms with Crippen molar-refractivity contribution in [3.8, 4) is 0 Å². The molecule has 0 amide bonds. The first-order valence-corrected chi connectivity index (χ1v) is 2.70. The maximum absolute atomic E-state index is 8.63. The molecule has 8 nitrogen and oxygen atoms in total. The van der Waals surface area contributed by atoms with Crippen LogP contribution in [-0.4, -0.2) is 39.4 Å². The summed E-state index contributed by atoms with van der Waals surface area (Å²) in [5.41, 5.74) is 0. The molecule has 0 atom stereocenters. The molecule has 0 aromatic heterocycles. The van der Waals surface area contributed by atoms with Gasteiger partial charge in [0, 0.05) is 0 Å². The van der Waals surface area contributed by atoms with Gasteiger partial charge in [0.15, 0.2) is 0 Å². The Bertz CT molecular complexity index is 157. The Kier molecular flexibility index (Phi) is 19.6. The molecular weight excluding hydrogens is 236 g/mol. The first kappa shape index (κ1) is 22.4. The second-order valence-electron chi connectivity index (χ2n) is 0.710. The summed E-state index contributed by atoms with van der Waals surface area (Å²) in [6, 6.07) is 0. The standard InChI is InChI=1S/CH2O3.Cu.H2O4S.H2O/c2-1(3)4;;1-5(2,3)4;/h(H2,2,3,4);;(H2,1,2,3,4);1H2/q;+2;;/p-2. The fraction of sp³-hybridized carbons (Fsp3) is 0. The number of hydrogen-bond acceptors (Lipinski definition) is 5. The maximum Gasteiger partial charge on any atom is 2.00 e. The molecule has 73 valence electrons. The summed E-state index contributed by atoms with van der Waals surface area (Å²) in [5.74, 6) is 0. The number of carbonyl (C=O) groups is 1. The second-order valence-corrected chi connectivity index (χ2v) is 1.57. The summed E-state index contributed by atoms with van der Waals surface area (Å²) >= 11 is 0. The molecule has 4 N–H and O–H groups in total. The maximum atomic E-state index is 8.63. The zero-order valence-corrected chi connectivity index (χ0v) is 6.39. The Labute approximate surface area is 72.2 Å². The largest absolute Gasteiger partial charge is 2.00 e. The smallest absolute Gasteiger partial charge is 0.870 e. The Balaban J connectivity index is -0.0000000383. The number of rotatable bonds is 0. The van der Waals surface area contributed by atoms with Crippen LogP contribution in [0.3, 0.4) is 0 Å². The Morgan fingerprint density at radius 3 is 1.27 bits per heavy atom.